The van der Waals surface area contributed by atoms with E-state index in [2.05, 4.69) is 18.2 Å². The molecular formula is C31H27Cl2N3O3. The summed E-state index contributed by atoms with van der Waals surface area (Å²) in [6, 6.07) is 24.6. The Balaban J connectivity index is 1.61. The molecule has 0 spiro atoms. The zero-order valence-corrected chi connectivity index (χ0v) is 23.0. The zero-order chi connectivity index (χ0) is 27.4. The molecular weight excluding hydrogens is 533 g/mol. The van der Waals surface area contributed by atoms with Gasteiger partial charge in [-0.2, -0.15) is 5.10 Å². The van der Waals surface area contributed by atoms with Crippen molar-refractivity contribution < 1.29 is 14.3 Å². The minimum atomic E-state index is -0.439. The SMILES string of the molecule is CCOC(=O)Cc1c(C(=O)N2CC=C(c3ccccc3)CC2)nn(-c2ccccc2Cl)c1-c1ccc(Cl)cc1. The summed E-state index contributed by atoms with van der Waals surface area (Å²) < 4.78 is 6.92. The normalized spacial score (nSPS) is 13.2. The van der Waals surface area contributed by atoms with E-state index in [1.165, 1.54) is 5.57 Å². The molecule has 2 heterocycles. The van der Waals surface area contributed by atoms with Crippen LogP contribution in [-0.4, -0.2) is 46.3 Å². The molecule has 0 N–H and O–H groups in total. The molecule has 4 aromatic rings. The summed E-state index contributed by atoms with van der Waals surface area (Å²) in [6.07, 6.45) is 2.68. The third-order valence-electron chi connectivity index (χ3n) is 6.65. The Hall–Kier alpha value is -3.87. The first-order chi connectivity index (χ1) is 19.0. The molecule has 1 amide bonds. The first-order valence-electron chi connectivity index (χ1n) is 12.8. The van der Waals surface area contributed by atoms with Crippen molar-refractivity contribution in [2.24, 2.45) is 0 Å². The number of rotatable bonds is 7. The van der Waals surface area contributed by atoms with Crippen LogP contribution < -0.4 is 0 Å². The summed E-state index contributed by atoms with van der Waals surface area (Å²) in [6.45, 7) is 2.96. The second-order valence-corrected chi connectivity index (χ2v) is 9.97. The molecule has 5 rings (SSSR count). The van der Waals surface area contributed by atoms with Crippen LogP contribution in [0.3, 0.4) is 0 Å². The van der Waals surface area contributed by atoms with Crippen LogP contribution in [-0.2, 0) is 16.0 Å². The third-order valence-corrected chi connectivity index (χ3v) is 7.22. The topological polar surface area (TPSA) is 64.4 Å². The lowest BCUT2D eigenvalue weighted by Crippen LogP contribution is -2.35. The highest BCUT2D eigenvalue weighted by molar-refractivity contribution is 6.32. The van der Waals surface area contributed by atoms with Crippen LogP contribution in [0.25, 0.3) is 22.5 Å². The summed E-state index contributed by atoms with van der Waals surface area (Å²) in [5.74, 6) is -0.691. The molecule has 1 aliphatic heterocycles. The molecule has 1 aliphatic rings. The maximum Gasteiger partial charge on any atom is 0.310 e. The zero-order valence-electron chi connectivity index (χ0n) is 21.4. The Morgan fingerprint density at radius 3 is 2.31 bits per heavy atom. The molecule has 0 saturated heterocycles. The monoisotopic (exact) mass is 559 g/mol. The quantitative estimate of drug-likeness (QED) is 0.231. The lowest BCUT2D eigenvalue weighted by atomic mass is 9.98. The van der Waals surface area contributed by atoms with Crippen molar-refractivity contribution in [3.63, 3.8) is 0 Å². The van der Waals surface area contributed by atoms with Crippen LogP contribution >= 0.6 is 23.2 Å². The maximum absolute atomic E-state index is 14.0. The van der Waals surface area contributed by atoms with Crippen molar-refractivity contribution >= 4 is 40.7 Å². The second kappa shape index (κ2) is 11.9. The van der Waals surface area contributed by atoms with Crippen LogP contribution in [0.4, 0.5) is 0 Å². The lowest BCUT2D eigenvalue weighted by molar-refractivity contribution is -0.142. The number of para-hydroxylation sites is 1. The molecule has 8 heteroatoms. The van der Waals surface area contributed by atoms with Crippen molar-refractivity contribution in [1.29, 1.82) is 0 Å². The molecule has 0 atom stereocenters. The van der Waals surface area contributed by atoms with E-state index in [-0.39, 0.29) is 24.6 Å². The molecule has 0 bridgehead atoms. The van der Waals surface area contributed by atoms with Crippen molar-refractivity contribution in [3.05, 3.63) is 112 Å². The minimum absolute atomic E-state index is 0.115. The second-order valence-electron chi connectivity index (χ2n) is 9.12. The van der Waals surface area contributed by atoms with Crippen LogP contribution in [0.15, 0.2) is 84.9 Å². The lowest BCUT2D eigenvalue weighted by Gasteiger charge is -2.26. The van der Waals surface area contributed by atoms with E-state index < -0.39 is 5.97 Å². The first-order valence-corrected chi connectivity index (χ1v) is 13.5. The molecule has 0 fully saturated rings. The van der Waals surface area contributed by atoms with E-state index in [9.17, 15) is 9.59 Å². The number of nitrogens with zero attached hydrogens (tertiary/aromatic N) is 3. The summed E-state index contributed by atoms with van der Waals surface area (Å²) in [7, 11) is 0. The van der Waals surface area contributed by atoms with E-state index in [1.807, 2.05) is 48.5 Å². The molecule has 3 aromatic carbocycles. The predicted molar refractivity (Wildman–Crippen MR) is 154 cm³/mol. The van der Waals surface area contributed by atoms with E-state index >= 15 is 0 Å². The number of carbonyl (C=O) groups is 2. The van der Waals surface area contributed by atoms with Gasteiger partial charge in [0.1, 0.15) is 0 Å². The van der Waals surface area contributed by atoms with Gasteiger partial charge < -0.3 is 9.64 Å². The van der Waals surface area contributed by atoms with Gasteiger partial charge in [0.2, 0.25) is 0 Å². The highest BCUT2D eigenvalue weighted by Gasteiger charge is 2.30. The van der Waals surface area contributed by atoms with E-state index in [0.29, 0.717) is 40.1 Å². The average Bonchev–Trinajstić information content (AvgIpc) is 3.32. The van der Waals surface area contributed by atoms with Gasteiger partial charge in [-0.25, -0.2) is 4.68 Å². The summed E-state index contributed by atoms with van der Waals surface area (Å²) >= 11 is 12.8. The van der Waals surface area contributed by atoms with Gasteiger partial charge in [0.05, 0.1) is 29.4 Å². The average molecular weight is 560 g/mol. The number of halogens is 2. The van der Waals surface area contributed by atoms with E-state index in [4.69, 9.17) is 33.0 Å². The molecule has 0 unspecified atom stereocenters. The molecule has 0 aliphatic carbocycles. The number of amides is 1. The Labute approximate surface area is 237 Å². The minimum Gasteiger partial charge on any atom is -0.466 e. The van der Waals surface area contributed by atoms with Crippen LogP contribution in [0.5, 0.6) is 0 Å². The number of aromatic nitrogens is 2. The highest BCUT2D eigenvalue weighted by atomic mass is 35.5. The van der Waals surface area contributed by atoms with Gasteiger partial charge in [0.15, 0.2) is 5.69 Å². The number of ether oxygens (including phenoxy) is 1. The standard InChI is InChI=1S/C31H27Cl2N3O3/c1-2-39-28(37)20-25-29(31(38)35-18-16-22(17-19-35)21-8-4-3-5-9-21)34-36(27-11-7-6-10-26(27)33)30(25)23-12-14-24(32)15-13-23/h3-16H,2,17-20H2,1H3. The number of carbonyl (C=O) groups excluding carboxylic acids is 2. The third kappa shape index (κ3) is 5.77. The molecule has 198 valence electrons. The Kier molecular flexibility index (Phi) is 8.15. The van der Waals surface area contributed by atoms with Crippen molar-refractivity contribution in [2.75, 3.05) is 19.7 Å². The van der Waals surface area contributed by atoms with E-state index in [1.54, 1.807) is 34.7 Å². The summed E-state index contributed by atoms with van der Waals surface area (Å²) in [5.41, 5.74) is 4.97. The molecule has 39 heavy (non-hydrogen) atoms. The van der Waals surface area contributed by atoms with Gasteiger partial charge in [0, 0.05) is 29.2 Å². The fraction of sp³-hybridized carbons (Fsp3) is 0.194. The fourth-order valence-electron chi connectivity index (χ4n) is 4.77. The maximum atomic E-state index is 14.0. The largest absolute Gasteiger partial charge is 0.466 e. The number of hydrogen-bond donors (Lipinski definition) is 0. The Morgan fingerprint density at radius 2 is 1.64 bits per heavy atom. The molecule has 0 saturated carbocycles. The number of hydrogen-bond acceptors (Lipinski definition) is 4. The molecule has 1 aromatic heterocycles. The van der Waals surface area contributed by atoms with Crippen LogP contribution in [0.2, 0.25) is 10.0 Å². The van der Waals surface area contributed by atoms with Crippen LogP contribution in [0.1, 0.15) is 35.0 Å². The Morgan fingerprint density at radius 1 is 0.923 bits per heavy atom. The van der Waals surface area contributed by atoms with Gasteiger partial charge in [-0.05, 0) is 48.7 Å². The van der Waals surface area contributed by atoms with Gasteiger partial charge in [-0.3, -0.25) is 9.59 Å². The fourth-order valence-corrected chi connectivity index (χ4v) is 5.11. The van der Waals surface area contributed by atoms with Gasteiger partial charge in [-0.1, -0.05) is 83.9 Å². The Bertz CT molecular complexity index is 1530. The van der Waals surface area contributed by atoms with E-state index in [0.717, 1.165) is 17.5 Å². The predicted octanol–water partition coefficient (Wildman–Crippen LogP) is 6.88. The van der Waals surface area contributed by atoms with Crippen molar-refractivity contribution in [2.45, 2.75) is 19.8 Å². The highest BCUT2D eigenvalue weighted by Crippen LogP contribution is 2.34. The van der Waals surface area contributed by atoms with Gasteiger partial charge in [0.25, 0.3) is 5.91 Å². The smallest absolute Gasteiger partial charge is 0.310 e. The van der Waals surface area contributed by atoms with Crippen LogP contribution in [0, 0.1) is 0 Å². The van der Waals surface area contributed by atoms with Gasteiger partial charge in [-0.15, -0.1) is 0 Å². The number of esters is 1. The van der Waals surface area contributed by atoms with Crippen molar-refractivity contribution in [3.8, 4) is 16.9 Å². The summed E-state index contributed by atoms with van der Waals surface area (Å²) in [4.78, 5) is 28.5. The van der Waals surface area contributed by atoms with Gasteiger partial charge >= 0.3 is 5.97 Å². The summed E-state index contributed by atoms with van der Waals surface area (Å²) in [5, 5.41) is 5.82. The molecule has 0 radical (unpaired) electrons. The first kappa shape index (κ1) is 26.7. The number of benzene rings is 3. The van der Waals surface area contributed by atoms with Crippen molar-refractivity contribution in [1.82, 2.24) is 14.7 Å². The molecule has 6 nitrogen and oxygen atoms in total.